The van der Waals surface area contributed by atoms with Gasteiger partial charge < -0.3 is 5.11 Å². The van der Waals surface area contributed by atoms with Gasteiger partial charge >= 0.3 is 0 Å². The Morgan fingerprint density at radius 3 is 1.93 bits per heavy atom. The first-order valence-electron chi connectivity index (χ1n) is 4.67. The molecule has 0 aromatic rings. The molecule has 14 heavy (non-hydrogen) atoms. The van der Waals surface area contributed by atoms with Crippen LogP contribution in [0.1, 0.15) is 20.8 Å². The monoisotopic (exact) mass is 192 g/mol. The van der Waals surface area contributed by atoms with E-state index in [0.717, 1.165) is 5.57 Å². The molecule has 0 aromatic carbocycles. The van der Waals surface area contributed by atoms with E-state index in [-0.39, 0.29) is 5.76 Å². The quantitative estimate of drug-likeness (QED) is 0.519. The van der Waals surface area contributed by atoms with Crippen molar-refractivity contribution in [1.82, 2.24) is 0 Å². The van der Waals surface area contributed by atoms with Crippen LogP contribution in [0.25, 0.3) is 0 Å². The average molecular weight is 192 g/mol. The summed E-state index contributed by atoms with van der Waals surface area (Å²) < 4.78 is 0. The van der Waals surface area contributed by atoms with Gasteiger partial charge in [0.2, 0.25) is 0 Å². The number of aliphatic hydroxyl groups is 1. The van der Waals surface area contributed by atoms with Gasteiger partial charge in [-0.2, -0.15) is 0 Å². The summed E-state index contributed by atoms with van der Waals surface area (Å²) in [7, 11) is 0. The lowest BCUT2D eigenvalue weighted by Crippen LogP contribution is -1.89. The minimum Gasteiger partial charge on any atom is -0.508 e. The highest BCUT2D eigenvalue weighted by atomic mass is 16.3. The second kappa shape index (κ2) is 9.59. The molecule has 0 fully saturated rings. The highest BCUT2D eigenvalue weighted by Gasteiger charge is 2.01. The van der Waals surface area contributed by atoms with Gasteiger partial charge in [-0.25, -0.2) is 0 Å². The number of allylic oxidation sites excluding steroid dienone is 5. The molecule has 0 aliphatic rings. The first kappa shape index (κ1) is 15.0. The largest absolute Gasteiger partial charge is 0.508 e. The predicted molar refractivity (Wildman–Crippen MR) is 65.4 cm³/mol. The predicted octanol–water partition coefficient (Wildman–Crippen LogP) is 4.33. The second-order valence-electron chi connectivity index (χ2n) is 2.21. The van der Waals surface area contributed by atoms with E-state index in [9.17, 15) is 5.11 Å². The van der Waals surface area contributed by atoms with Crippen LogP contribution in [0.5, 0.6) is 0 Å². The molecule has 0 unspecified atom stereocenters. The van der Waals surface area contributed by atoms with Gasteiger partial charge in [0.05, 0.1) is 0 Å². The zero-order valence-corrected chi connectivity index (χ0v) is 9.38. The van der Waals surface area contributed by atoms with Crippen LogP contribution < -0.4 is 0 Å². The number of rotatable bonds is 4. The summed E-state index contributed by atoms with van der Waals surface area (Å²) in [6, 6.07) is 0. The van der Waals surface area contributed by atoms with E-state index in [1.54, 1.807) is 18.2 Å². The van der Waals surface area contributed by atoms with Gasteiger partial charge in [-0.1, -0.05) is 57.9 Å². The van der Waals surface area contributed by atoms with E-state index >= 15 is 0 Å². The molecule has 0 rings (SSSR count). The molecule has 0 saturated carbocycles. The third-order valence-corrected chi connectivity index (χ3v) is 1.44. The van der Waals surface area contributed by atoms with Crippen molar-refractivity contribution in [1.29, 1.82) is 0 Å². The molecule has 0 aliphatic heterocycles. The fourth-order valence-corrected chi connectivity index (χ4v) is 0.860. The summed E-state index contributed by atoms with van der Waals surface area (Å²) in [5.41, 5.74) is 1.50. The minimum absolute atomic E-state index is 0.0305. The Morgan fingerprint density at radius 2 is 1.71 bits per heavy atom. The normalized spacial score (nSPS) is 11.1. The lowest BCUT2D eigenvalue weighted by atomic mass is 10.0. The van der Waals surface area contributed by atoms with Crippen LogP contribution in [0.15, 0.2) is 60.9 Å². The van der Waals surface area contributed by atoms with Crippen LogP contribution in [0.4, 0.5) is 0 Å². The third-order valence-electron chi connectivity index (χ3n) is 1.44. The lowest BCUT2D eigenvalue weighted by molar-refractivity contribution is 0.428. The van der Waals surface area contributed by atoms with Gasteiger partial charge in [-0.05, 0) is 12.5 Å². The standard InChI is InChI=1S/C11H14O.C2H6/c1-5-8-11(9(4)12)10(6-2)7-3;1-2/h5-8,12H,1-2,4H2,3H3;1-2H3/b10-7-,11-8-;. The van der Waals surface area contributed by atoms with Crippen molar-refractivity contribution in [3.63, 3.8) is 0 Å². The summed E-state index contributed by atoms with van der Waals surface area (Å²) in [6.45, 7) is 16.5. The zero-order chi connectivity index (χ0) is 11.6. The molecule has 0 aliphatic carbocycles. The molecule has 1 heteroatoms. The molecule has 0 saturated heterocycles. The molecule has 0 amide bonds. The first-order chi connectivity index (χ1) is 6.67. The van der Waals surface area contributed by atoms with Crippen molar-refractivity contribution >= 4 is 0 Å². The van der Waals surface area contributed by atoms with E-state index in [1.165, 1.54) is 0 Å². The summed E-state index contributed by atoms with van der Waals surface area (Å²) in [6.07, 6.45) is 6.81. The fraction of sp³-hybridized carbons (Fsp3) is 0.231. The Hall–Kier alpha value is -1.50. The van der Waals surface area contributed by atoms with Gasteiger partial charge in [-0.3, -0.25) is 0 Å². The maximum atomic E-state index is 9.18. The van der Waals surface area contributed by atoms with Gasteiger partial charge in [0.25, 0.3) is 0 Å². The van der Waals surface area contributed by atoms with Gasteiger partial charge in [0.1, 0.15) is 5.76 Å². The number of hydrogen-bond donors (Lipinski definition) is 1. The van der Waals surface area contributed by atoms with Crippen LogP contribution >= 0.6 is 0 Å². The van der Waals surface area contributed by atoms with Crippen molar-refractivity contribution in [2.24, 2.45) is 0 Å². The molecule has 0 aromatic heterocycles. The molecule has 1 N–H and O–H groups in total. The van der Waals surface area contributed by atoms with Crippen molar-refractivity contribution in [3.8, 4) is 0 Å². The van der Waals surface area contributed by atoms with E-state index in [0.29, 0.717) is 5.57 Å². The maximum Gasteiger partial charge on any atom is 0.116 e. The van der Waals surface area contributed by atoms with Crippen molar-refractivity contribution in [2.45, 2.75) is 20.8 Å². The summed E-state index contributed by atoms with van der Waals surface area (Å²) in [5.74, 6) is 0.0305. The Bertz CT molecular complexity index is 254. The Morgan fingerprint density at radius 1 is 1.21 bits per heavy atom. The Kier molecular flexibility index (Phi) is 10.3. The van der Waals surface area contributed by atoms with Gasteiger partial charge in [0.15, 0.2) is 0 Å². The fourth-order valence-electron chi connectivity index (χ4n) is 0.860. The van der Waals surface area contributed by atoms with Crippen LogP contribution in [0, 0.1) is 0 Å². The number of aliphatic hydroxyl groups excluding tert-OH is 1. The van der Waals surface area contributed by atoms with E-state index in [1.807, 2.05) is 26.8 Å². The van der Waals surface area contributed by atoms with E-state index < -0.39 is 0 Å². The van der Waals surface area contributed by atoms with Crippen LogP contribution in [-0.4, -0.2) is 5.11 Å². The maximum absolute atomic E-state index is 9.18. The van der Waals surface area contributed by atoms with Crippen LogP contribution in [0.3, 0.4) is 0 Å². The smallest absolute Gasteiger partial charge is 0.116 e. The Balaban J connectivity index is 0. The van der Waals surface area contributed by atoms with E-state index in [2.05, 4.69) is 19.7 Å². The lowest BCUT2D eigenvalue weighted by Gasteiger charge is -2.04. The second-order valence-corrected chi connectivity index (χ2v) is 2.21. The summed E-state index contributed by atoms with van der Waals surface area (Å²) >= 11 is 0. The molecule has 0 spiro atoms. The minimum atomic E-state index is 0.0305. The Labute approximate surface area is 87.5 Å². The van der Waals surface area contributed by atoms with Gasteiger partial charge in [0, 0.05) is 5.57 Å². The molecule has 0 radical (unpaired) electrons. The van der Waals surface area contributed by atoms with E-state index in [4.69, 9.17) is 0 Å². The van der Waals surface area contributed by atoms with Crippen molar-refractivity contribution in [3.05, 3.63) is 60.9 Å². The van der Waals surface area contributed by atoms with Crippen molar-refractivity contribution < 1.29 is 5.11 Å². The molecule has 0 atom stereocenters. The molecule has 0 heterocycles. The zero-order valence-electron chi connectivity index (χ0n) is 9.38. The highest BCUT2D eigenvalue weighted by Crippen LogP contribution is 2.16. The summed E-state index contributed by atoms with van der Waals surface area (Å²) in [4.78, 5) is 0. The van der Waals surface area contributed by atoms with Crippen LogP contribution in [-0.2, 0) is 0 Å². The van der Waals surface area contributed by atoms with Crippen molar-refractivity contribution in [2.75, 3.05) is 0 Å². The first-order valence-corrected chi connectivity index (χ1v) is 4.67. The average Bonchev–Trinajstić information content (AvgIpc) is 2.21. The number of hydrogen-bond acceptors (Lipinski definition) is 1. The highest BCUT2D eigenvalue weighted by molar-refractivity contribution is 5.48. The SMILES string of the molecule is C=C/C=C(C(=C)O)\C(C=C)=C/C.CC. The molecule has 0 bridgehead atoms. The molecular formula is C13H20O. The van der Waals surface area contributed by atoms with Crippen LogP contribution in [0.2, 0.25) is 0 Å². The molecular weight excluding hydrogens is 172 g/mol. The molecule has 78 valence electrons. The van der Waals surface area contributed by atoms with Gasteiger partial charge in [-0.15, -0.1) is 0 Å². The molecule has 1 nitrogen and oxygen atoms in total. The topological polar surface area (TPSA) is 20.2 Å². The third kappa shape index (κ3) is 5.20. The summed E-state index contributed by atoms with van der Waals surface area (Å²) in [5, 5.41) is 9.18.